The van der Waals surface area contributed by atoms with Gasteiger partial charge in [0.1, 0.15) is 0 Å². The molecule has 1 fully saturated rings. The minimum absolute atomic E-state index is 0.255. The van der Waals surface area contributed by atoms with Crippen LogP contribution in [0.3, 0.4) is 0 Å². The molecule has 1 heterocycles. The standard InChI is InChI=1S/C44H35O2P/c1-4-16-30(17-5-1)35-24-14-15-27-40(35)47-45-43-38(31-18-6-2-7-19-31)28-33-22-10-12-25-36(33)41(43)42-37-26-13-11-23-34(37)29-39(44(42)46-47)32-20-8-3-9-21-32/h1-13,16-23,25-26,28-29,35,40H,14-15,24,27H2. The van der Waals surface area contributed by atoms with Crippen LogP contribution in [-0.4, -0.2) is 0 Å². The van der Waals surface area contributed by atoms with Gasteiger partial charge in [0, 0.05) is 21.9 Å². The predicted molar refractivity (Wildman–Crippen MR) is 199 cm³/mol. The van der Waals surface area contributed by atoms with E-state index in [0.717, 1.165) is 57.0 Å². The lowest BCUT2D eigenvalue weighted by Gasteiger charge is -2.29. The molecule has 3 heteroatoms. The molecule has 0 aliphatic heterocycles. The second kappa shape index (κ2) is 12.0. The maximum absolute atomic E-state index is 7.51. The highest BCUT2D eigenvalue weighted by molar-refractivity contribution is 7.37. The van der Waals surface area contributed by atoms with Crippen LogP contribution in [0.5, 0.6) is 0 Å². The summed E-state index contributed by atoms with van der Waals surface area (Å²) in [6, 6.07) is 54.7. The lowest BCUT2D eigenvalue weighted by atomic mass is 9.83. The fraction of sp³-hybridized carbons (Fsp3) is 0.136. The Balaban J connectivity index is 1.52. The third-order valence-corrected chi connectivity index (χ3v) is 11.9. The van der Waals surface area contributed by atoms with E-state index in [0.29, 0.717) is 5.92 Å². The second-order valence-corrected chi connectivity index (χ2v) is 14.4. The predicted octanol–water partition coefficient (Wildman–Crippen LogP) is 13.8. The van der Waals surface area contributed by atoms with E-state index >= 15 is 0 Å². The zero-order valence-electron chi connectivity index (χ0n) is 26.2. The van der Waals surface area contributed by atoms with Crippen LogP contribution in [0.15, 0.2) is 160 Å². The molecule has 2 nitrogen and oxygen atoms in total. The first kappa shape index (κ1) is 28.2. The molecule has 2 unspecified atom stereocenters. The van der Waals surface area contributed by atoms with Crippen molar-refractivity contribution in [3.8, 4) is 22.3 Å². The molecule has 7 aromatic carbocycles. The molecule has 0 spiro atoms. The number of benzene rings is 7. The van der Waals surface area contributed by atoms with Crippen LogP contribution in [0, 0.1) is 0 Å². The van der Waals surface area contributed by atoms with Gasteiger partial charge in [-0.15, -0.1) is 0 Å². The molecule has 0 N–H and O–H groups in total. The molecule has 8 aromatic rings. The Morgan fingerprint density at radius 3 is 1.45 bits per heavy atom. The molecule has 9 rings (SSSR count). The van der Waals surface area contributed by atoms with E-state index in [2.05, 4.69) is 152 Å². The van der Waals surface area contributed by atoms with Crippen molar-refractivity contribution in [3.05, 3.63) is 157 Å². The minimum atomic E-state index is -1.38. The normalized spacial score (nSPS) is 16.6. The largest absolute Gasteiger partial charge is 0.418 e. The average molecular weight is 627 g/mol. The number of rotatable bonds is 4. The van der Waals surface area contributed by atoms with Crippen LogP contribution in [0.2, 0.25) is 0 Å². The quantitative estimate of drug-likeness (QED) is 0.194. The molecule has 228 valence electrons. The van der Waals surface area contributed by atoms with Crippen molar-refractivity contribution < 1.29 is 8.39 Å². The lowest BCUT2D eigenvalue weighted by molar-refractivity contribution is 0.410. The fourth-order valence-corrected chi connectivity index (χ4v) is 9.85. The van der Waals surface area contributed by atoms with Gasteiger partial charge in [0.05, 0.1) is 5.66 Å². The van der Waals surface area contributed by atoms with E-state index in [4.69, 9.17) is 8.39 Å². The zero-order chi connectivity index (χ0) is 31.2. The van der Waals surface area contributed by atoms with Crippen molar-refractivity contribution in [1.29, 1.82) is 0 Å². The molecule has 0 radical (unpaired) electrons. The smallest absolute Gasteiger partial charge is 0.220 e. The fourth-order valence-electron chi connectivity index (χ4n) is 7.79. The summed E-state index contributed by atoms with van der Waals surface area (Å²) in [5, 5.41) is 7.01. The molecule has 2 atom stereocenters. The van der Waals surface area contributed by atoms with Gasteiger partial charge >= 0.3 is 0 Å². The van der Waals surface area contributed by atoms with Gasteiger partial charge in [0.15, 0.2) is 11.2 Å². The Bertz CT molecular complexity index is 2270. The number of hydrogen-bond acceptors (Lipinski definition) is 2. The molecule has 1 aliphatic carbocycles. The van der Waals surface area contributed by atoms with Crippen LogP contribution in [0.25, 0.3) is 65.7 Å². The molecular weight excluding hydrogens is 591 g/mol. The van der Waals surface area contributed by atoms with E-state index in [1.807, 2.05) is 0 Å². The third kappa shape index (κ3) is 4.96. The average Bonchev–Trinajstić information content (AvgIpc) is 3.33. The van der Waals surface area contributed by atoms with Crippen LogP contribution >= 0.6 is 8.01 Å². The van der Waals surface area contributed by atoms with Crippen LogP contribution in [-0.2, 0) is 0 Å². The summed E-state index contributed by atoms with van der Waals surface area (Å²) < 4.78 is 15.0. The number of fused-ring (bicyclic) bond motifs is 7. The molecular formula is C44H35O2P. The molecule has 47 heavy (non-hydrogen) atoms. The molecule has 0 saturated heterocycles. The van der Waals surface area contributed by atoms with Gasteiger partial charge in [-0.2, -0.15) is 0 Å². The van der Waals surface area contributed by atoms with Gasteiger partial charge in [-0.1, -0.05) is 152 Å². The van der Waals surface area contributed by atoms with E-state index in [1.54, 1.807) is 0 Å². The maximum Gasteiger partial charge on any atom is 0.220 e. The van der Waals surface area contributed by atoms with Crippen LogP contribution < -0.4 is 0 Å². The summed E-state index contributed by atoms with van der Waals surface area (Å²) >= 11 is 0. The van der Waals surface area contributed by atoms with Gasteiger partial charge in [-0.05, 0) is 69.1 Å². The van der Waals surface area contributed by atoms with Gasteiger partial charge in [-0.25, -0.2) is 0 Å². The zero-order valence-corrected chi connectivity index (χ0v) is 27.1. The molecule has 1 saturated carbocycles. The number of hydrogen-bond donors (Lipinski definition) is 0. The SMILES string of the molecule is c1ccc(-c2cc3ccccc3c3c2op(C2CCCCC2c2ccccc2)oc2c(-c4ccccc4)cc4ccccc4c23)cc1. The van der Waals surface area contributed by atoms with Crippen LogP contribution in [0.1, 0.15) is 42.8 Å². The Labute approximate surface area is 275 Å². The van der Waals surface area contributed by atoms with Gasteiger partial charge in [-0.3, -0.25) is 0 Å². The third-order valence-electron chi connectivity index (χ3n) is 10.0. The van der Waals surface area contributed by atoms with Crippen molar-refractivity contribution in [3.63, 3.8) is 0 Å². The Morgan fingerprint density at radius 2 is 0.915 bits per heavy atom. The van der Waals surface area contributed by atoms with Crippen molar-refractivity contribution in [2.75, 3.05) is 0 Å². The molecule has 0 amide bonds. The molecule has 1 aliphatic rings. The van der Waals surface area contributed by atoms with Crippen LogP contribution in [0.4, 0.5) is 0 Å². The first-order chi connectivity index (χ1) is 23.3. The molecule has 0 bridgehead atoms. The summed E-state index contributed by atoms with van der Waals surface area (Å²) in [6.07, 6.45) is 4.64. The van der Waals surface area contributed by atoms with Crippen molar-refractivity contribution in [2.24, 2.45) is 0 Å². The second-order valence-electron chi connectivity index (χ2n) is 12.8. The Kier molecular flexibility index (Phi) is 7.18. The Hall–Kier alpha value is -5.04. The maximum atomic E-state index is 7.51. The van der Waals surface area contributed by atoms with Crippen molar-refractivity contribution >= 4 is 51.5 Å². The first-order valence-electron chi connectivity index (χ1n) is 16.8. The summed E-state index contributed by atoms with van der Waals surface area (Å²) in [6.45, 7) is 0. The van der Waals surface area contributed by atoms with E-state index in [9.17, 15) is 0 Å². The van der Waals surface area contributed by atoms with Crippen molar-refractivity contribution in [2.45, 2.75) is 37.3 Å². The van der Waals surface area contributed by atoms with E-state index < -0.39 is 8.01 Å². The summed E-state index contributed by atoms with van der Waals surface area (Å²) in [7, 11) is -1.38. The first-order valence-corrected chi connectivity index (χ1v) is 18.0. The highest BCUT2D eigenvalue weighted by Gasteiger charge is 2.32. The lowest BCUT2D eigenvalue weighted by Crippen LogP contribution is -2.11. The topological polar surface area (TPSA) is 26.3 Å². The summed E-state index contributed by atoms with van der Waals surface area (Å²) in [5.41, 5.74) is 8.05. The van der Waals surface area contributed by atoms with Gasteiger partial charge in [0.25, 0.3) is 0 Å². The summed E-state index contributed by atoms with van der Waals surface area (Å²) in [4.78, 5) is 0. The van der Waals surface area contributed by atoms with E-state index in [1.165, 1.54) is 39.9 Å². The highest BCUT2D eigenvalue weighted by Crippen LogP contribution is 2.58. The van der Waals surface area contributed by atoms with Gasteiger partial charge < -0.3 is 8.39 Å². The van der Waals surface area contributed by atoms with Crippen molar-refractivity contribution in [1.82, 2.24) is 0 Å². The Morgan fingerprint density at radius 1 is 0.468 bits per heavy atom. The molecule has 1 aromatic heterocycles. The summed E-state index contributed by atoms with van der Waals surface area (Å²) in [5.74, 6) is 0.377. The monoisotopic (exact) mass is 626 g/mol. The highest BCUT2D eigenvalue weighted by atomic mass is 31.1. The van der Waals surface area contributed by atoms with E-state index in [-0.39, 0.29) is 5.66 Å². The van der Waals surface area contributed by atoms with Gasteiger partial charge in [0.2, 0.25) is 8.01 Å². The minimum Gasteiger partial charge on any atom is -0.418 e.